The zero-order valence-corrected chi connectivity index (χ0v) is 17.5. The van der Waals surface area contributed by atoms with Crippen LogP contribution in [0, 0.1) is 11.7 Å². The number of halogens is 1. The van der Waals surface area contributed by atoms with Crippen LogP contribution in [0.5, 0.6) is 5.75 Å². The Balaban J connectivity index is 1.63. The monoisotopic (exact) mass is 430 g/mol. The number of nitrogens with zero attached hydrogens (tertiary/aromatic N) is 1. The van der Waals surface area contributed by atoms with Crippen molar-refractivity contribution >= 4 is 11.9 Å². The molecule has 5 rings (SSSR count). The van der Waals surface area contributed by atoms with E-state index in [1.165, 1.54) is 6.07 Å². The number of carbonyl (C=O) groups is 2. The summed E-state index contributed by atoms with van der Waals surface area (Å²) in [5.74, 6) is -1.63. The Bertz CT molecular complexity index is 1150. The molecule has 32 heavy (non-hydrogen) atoms. The highest BCUT2D eigenvalue weighted by Crippen LogP contribution is 2.53. The fourth-order valence-electron chi connectivity index (χ4n) is 5.31. The number of carbonyl (C=O) groups excluding carboxylic acids is 2. The van der Waals surface area contributed by atoms with E-state index in [1.54, 1.807) is 36.5 Å². The molecule has 2 heterocycles. The van der Waals surface area contributed by atoms with Crippen molar-refractivity contribution < 1.29 is 18.7 Å². The van der Waals surface area contributed by atoms with Gasteiger partial charge in [0, 0.05) is 23.7 Å². The van der Waals surface area contributed by atoms with E-state index in [1.807, 2.05) is 30.3 Å². The molecule has 1 aliphatic heterocycles. The van der Waals surface area contributed by atoms with E-state index < -0.39 is 17.2 Å². The third-order valence-corrected chi connectivity index (χ3v) is 6.67. The van der Waals surface area contributed by atoms with E-state index >= 15 is 0 Å². The molecule has 1 aliphatic carbocycles. The molecule has 0 radical (unpaired) electrons. The van der Waals surface area contributed by atoms with E-state index in [4.69, 9.17) is 4.74 Å². The first-order valence-corrected chi connectivity index (χ1v) is 10.9. The Kier molecular flexibility index (Phi) is 5.21. The molecular weight excluding hydrogens is 407 g/mol. The number of hydrogen-bond acceptors (Lipinski definition) is 4. The number of aromatic nitrogens is 1. The van der Waals surface area contributed by atoms with E-state index in [0.29, 0.717) is 17.7 Å². The fourth-order valence-corrected chi connectivity index (χ4v) is 5.31. The minimum absolute atomic E-state index is 0.0123. The zero-order chi connectivity index (χ0) is 22.1. The summed E-state index contributed by atoms with van der Waals surface area (Å²) in [5.41, 5.74) is 0.406. The Morgan fingerprint density at radius 1 is 1.00 bits per heavy atom. The van der Waals surface area contributed by atoms with Gasteiger partial charge >= 0.3 is 5.97 Å². The van der Waals surface area contributed by atoms with Crippen LogP contribution in [0.2, 0.25) is 0 Å². The normalized spacial score (nSPS) is 24.5. The number of amides is 1. The van der Waals surface area contributed by atoms with Gasteiger partial charge in [-0.05, 0) is 36.6 Å². The summed E-state index contributed by atoms with van der Waals surface area (Å²) in [5, 5.41) is 3.12. The SMILES string of the molecule is O=C(N[C@H]1CCCC[C@@H]1[C@@]1(c2ccccc2)C(=O)Oc2c(F)cccc21)c1ccccn1. The van der Waals surface area contributed by atoms with Crippen LogP contribution in [0.3, 0.4) is 0 Å². The molecule has 3 atom stereocenters. The lowest BCUT2D eigenvalue weighted by Gasteiger charge is -2.42. The van der Waals surface area contributed by atoms with Crippen molar-refractivity contribution in [1.29, 1.82) is 0 Å². The van der Waals surface area contributed by atoms with Crippen molar-refractivity contribution in [3.63, 3.8) is 0 Å². The highest BCUT2D eigenvalue weighted by Gasteiger charge is 2.58. The van der Waals surface area contributed by atoms with Gasteiger partial charge in [-0.3, -0.25) is 14.6 Å². The lowest BCUT2D eigenvalue weighted by atomic mass is 9.60. The van der Waals surface area contributed by atoms with E-state index in [0.717, 1.165) is 24.8 Å². The van der Waals surface area contributed by atoms with Crippen molar-refractivity contribution in [2.24, 2.45) is 5.92 Å². The van der Waals surface area contributed by atoms with Gasteiger partial charge in [0.25, 0.3) is 5.91 Å². The molecule has 0 unspecified atom stereocenters. The summed E-state index contributed by atoms with van der Waals surface area (Å²) >= 11 is 0. The predicted octanol–water partition coefficient (Wildman–Crippen LogP) is 4.41. The molecule has 6 heteroatoms. The Labute approximate surface area is 185 Å². The maximum absolute atomic E-state index is 14.7. The van der Waals surface area contributed by atoms with Gasteiger partial charge < -0.3 is 10.1 Å². The Hall–Kier alpha value is -3.54. The Morgan fingerprint density at radius 2 is 1.78 bits per heavy atom. The average molecular weight is 430 g/mol. The van der Waals surface area contributed by atoms with Crippen LogP contribution in [-0.2, 0) is 10.2 Å². The largest absolute Gasteiger partial charge is 0.422 e. The van der Waals surface area contributed by atoms with Crippen LogP contribution in [0.25, 0.3) is 0 Å². The van der Waals surface area contributed by atoms with Crippen LogP contribution in [0.4, 0.5) is 4.39 Å². The van der Waals surface area contributed by atoms with Gasteiger partial charge in [-0.2, -0.15) is 0 Å². The highest BCUT2D eigenvalue weighted by atomic mass is 19.1. The average Bonchev–Trinajstić information content (AvgIpc) is 3.14. The van der Waals surface area contributed by atoms with Gasteiger partial charge in [-0.25, -0.2) is 4.39 Å². The van der Waals surface area contributed by atoms with Crippen LogP contribution >= 0.6 is 0 Å². The van der Waals surface area contributed by atoms with Crippen LogP contribution in [0.15, 0.2) is 72.9 Å². The molecule has 2 aromatic carbocycles. The van der Waals surface area contributed by atoms with Crippen LogP contribution in [-0.4, -0.2) is 22.9 Å². The molecule has 2 aliphatic rings. The number of nitrogens with one attached hydrogen (secondary N) is 1. The number of pyridine rings is 1. The van der Waals surface area contributed by atoms with E-state index in [-0.39, 0.29) is 23.6 Å². The molecule has 1 aromatic heterocycles. The minimum Gasteiger partial charge on any atom is -0.422 e. The van der Waals surface area contributed by atoms with Gasteiger partial charge in [0.05, 0.1) is 0 Å². The highest BCUT2D eigenvalue weighted by molar-refractivity contribution is 5.96. The smallest absolute Gasteiger partial charge is 0.327 e. The summed E-state index contributed by atoms with van der Waals surface area (Å²) in [6, 6.07) is 18.9. The lowest BCUT2D eigenvalue weighted by molar-refractivity contribution is -0.139. The molecule has 1 saturated carbocycles. The van der Waals surface area contributed by atoms with Gasteiger partial charge in [0.1, 0.15) is 11.1 Å². The summed E-state index contributed by atoms with van der Waals surface area (Å²) in [7, 11) is 0. The van der Waals surface area contributed by atoms with Gasteiger partial charge in [0.15, 0.2) is 11.6 Å². The number of fused-ring (bicyclic) bond motifs is 1. The molecule has 162 valence electrons. The molecule has 0 bridgehead atoms. The lowest BCUT2D eigenvalue weighted by Crippen LogP contribution is -2.54. The number of rotatable bonds is 4. The molecule has 3 aromatic rings. The number of hydrogen-bond donors (Lipinski definition) is 1. The number of para-hydroxylation sites is 1. The second-order valence-corrected chi connectivity index (χ2v) is 8.37. The summed E-state index contributed by atoms with van der Waals surface area (Å²) < 4.78 is 20.2. The Morgan fingerprint density at radius 3 is 2.56 bits per heavy atom. The van der Waals surface area contributed by atoms with Gasteiger partial charge in [0.2, 0.25) is 0 Å². The second-order valence-electron chi connectivity index (χ2n) is 8.37. The fraction of sp³-hybridized carbons (Fsp3) is 0.269. The maximum Gasteiger partial charge on any atom is 0.327 e. The molecule has 0 saturated heterocycles. The zero-order valence-electron chi connectivity index (χ0n) is 17.5. The number of benzene rings is 2. The standard InChI is InChI=1S/C26H23FN2O3/c27-20-13-8-12-19-23(20)32-25(31)26(19,17-9-2-1-3-10-17)18-11-4-5-14-21(18)29-24(30)22-15-6-7-16-28-22/h1-3,6-10,12-13,15-16,18,21H,4-5,11,14H2,(H,29,30)/t18-,21-,26+/m0/s1. The van der Waals surface area contributed by atoms with Gasteiger partial charge in [-0.1, -0.05) is 61.4 Å². The molecule has 5 nitrogen and oxygen atoms in total. The molecule has 0 spiro atoms. The van der Waals surface area contributed by atoms with E-state index in [9.17, 15) is 14.0 Å². The van der Waals surface area contributed by atoms with Crippen molar-refractivity contribution in [3.8, 4) is 5.75 Å². The quantitative estimate of drug-likeness (QED) is 0.492. The van der Waals surface area contributed by atoms with Crippen molar-refractivity contribution in [2.75, 3.05) is 0 Å². The van der Waals surface area contributed by atoms with Crippen LogP contribution < -0.4 is 10.1 Å². The predicted molar refractivity (Wildman–Crippen MR) is 117 cm³/mol. The first-order valence-electron chi connectivity index (χ1n) is 10.9. The first-order chi connectivity index (χ1) is 15.6. The topological polar surface area (TPSA) is 68.3 Å². The number of ether oxygens (including phenoxy) is 1. The van der Waals surface area contributed by atoms with E-state index in [2.05, 4.69) is 10.3 Å². The summed E-state index contributed by atoms with van der Waals surface area (Å²) in [6.07, 6.45) is 4.83. The van der Waals surface area contributed by atoms with Crippen molar-refractivity contribution in [3.05, 3.63) is 95.6 Å². The molecule has 1 amide bonds. The molecular formula is C26H23FN2O3. The van der Waals surface area contributed by atoms with Gasteiger partial charge in [-0.15, -0.1) is 0 Å². The van der Waals surface area contributed by atoms with Crippen molar-refractivity contribution in [1.82, 2.24) is 10.3 Å². The second kappa shape index (κ2) is 8.19. The first kappa shape index (κ1) is 20.4. The summed E-state index contributed by atoms with van der Waals surface area (Å²) in [4.78, 5) is 30.7. The third kappa shape index (κ3) is 3.18. The van der Waals surface area contributed by atoms with Crippen molar-refractivity contribution in [2.45, 2.75) is 37.1 Å². The number of esters is 1. The molecule has 1 N–H and O–H groups in total. The molecule has 1 fully saturated rings. The summed E-state index contributed by atoms with van der Waals surface area (Å²) in [6.45, 7) is 0. The maximum atomic E-state index is 14.7. The minimum atomic E-state index is -1.19. The third-order valence-electron chi connectivity index (χ3n) is 6.67. The van der Waals surface area contributed by atoms with Crippen LogP contribution in [0.1, 0.15) is 47.3 Å².